The minimum atomic E-state index is 0.229. The first-order valence-electron chi connectivity index (χ1n) is 22.9. The largest absolute Gasteiger partial charge is 0.0799 e. The molecule has 0 radical (unpaired) electrons. The van der Waals surface area contributed by atoms with E-state index in [9.17, 15) is 0 Å². The van der Waals surface area contributed by atoms with Gasteiger partial charge in [0.2, 0.25) is 0 Å². The summed E-state index contributed by atoms with van der Waals surface area (Å²) in [5, 5.41) is 2.98. The van der Waals surface area contributed by atoms with Gasteiger partial charge in [-0.1, -0.05) is 71.8 Å². The lowest BCUT2D eigenvalue weighted by atomic mass is 9.33. The molecule has 17 aliphatic carbocycles. The second-order valence-electron chi connectivity index (χ2n) is 23.1. The van der Waals surface area contributed by atoms with Crippen LogP contribution in [0.4, 0.5) is 0 Å². The van der Waals surface area contributed by atoms with Crippen molar-refractivity contribution in [3.05, 3.63) is 105 Å². The molecular formula is C52H48. The summed E-state index contributed by atoms with van der Waals surface area (Å²) in [6, 6.07) is 14.9. The van der Waals surface area contributed by atoms with Crippen LogP contribution in [-0.4, -0.2) is 0 Å². The minimum Gasteiger partial charge on any atom is -0.0799 e. The summed E-state index contributed by atoms with van der Waals surface area (Å²) < 4.78 is 0. The normalized spacial score (nSPS) is 64.5. The topological polar surface area (TPSA) is 0 Å². The zero-order chi connectivity index (χ0) is 32.2. The molecule has 0 aliphatic heterocycles. The fourth-order valence-corrected chi connectivity index (χ4v) is 24.9. The first-order chi connectivity index (χ1) is 25.8. The summed E-state index contributed by atoms with van der Waals surface area (Å²) in [7, 11) is 0. The second kappa shape index (κ2) is 7.14. The van der Waals surface area contributed by atoms with Gasteiger partial charge in [0, 0.05) is 10.8 Å². The van der Waals surface area contributed by atoms with Crippen LogP contribution in [0.15, 0.2) is 94.1 Å². The maximum absolute atomic E-state index is 2.92. The summed E-state index contributed by atoms with van der Waals surface area (Å²) in [4.78, 5) is 0. The van der Waals surface area contributed by atoms with Crippen LogP contribution in [0.25, 0.3) is 10.8 Å². The molecule has 24 atom stereocenters. The van der Waals surface area contributed by atoms with Crippen molar-refractivity contribution in [1.29, 1.82) is 0 Å². The molecule has 0 saturated heterocycles. The summed E-state index contributed by atoms with van der Waals surface area (Å²) in [5.41, 5.74) is 16.0. The van der Waals surface area contributed by atoms with Gasteiger partial charge in [0.25, 0.3) is 0 Å². The maximum Gasteiger partial charge on any atom is 0.0320 e. The molecule has 0 heterocycles. The minimum absolute atomic E-state index is 0.229. The van der Waals surface area contributed by atoms with E-state index >= 15 is 0 Å². The molecule has 17 aliphatic rings. The first kappa shape index (κ1) is 25.5. The van der Waals surface area contributed by atoms with Gasteiger partial charge in [-0.3, -0.25) is 0 Å². The summed E-state index contributed by atoms with van der Waals surface area (Å²) in [6.07, 6.45) is 23.7. The number of hydrogen-bond acceptors (Lipinski definition) is 0. The van der Waals surface area contributed by atoms with Crippen LogP contribution in [0, 0.1) is 141 Å². The predicted molar refractivity (Wildman–Crippen MR) is 200 cm³/mol. The standard InChI is InChI=1S/C52H48/c1-2-4-20-16-22-18-52-32-14-13-31-29-11-9-27-25-7-5-23-24-6-8-26-28-10-12-30(32)40-38(28)43-36(26)34(24)41-33(23)35(25)42-37(27)39(29)49(51(31,52)17-21(22)15-19(20)3-1)47-45(42)44(41)46(43)48(47)50(40)52/h1-4,9,11,13-16,23-28,33-38,40-48,50H,5-8,10,12,17-18H2. The van der Waals surface area contributed by atoms with E-state index in [1.807, 2.05) is 16.7 Å². The Bertz CT molecular complexity index is 2460. The monoisotopic (exact) mass is 672 g/mol. The van der Waals surface area contributed by atoms with E-state index < -0.39 is 0 Å². The quantitative estimate of drug-likeness (QED) is 0.261. The van der Waals surface area contributed by atoms with E-state index in [2.05, 4.69) is 77.4 Å². The molecule has 0 N–H and O–H groups in total. The van der Waals surface area contributed by atoms with E-state index in [0.717, 1.165) is 130 Å². The summed E-state index contributed by atoms with van der Waals surface area (Å²) in [6.45, 7) is 0. The van der Waals surface area contributed by atoms with Crippen LogP contribution < -0.4 is 0 Å². The van der Waals surface area contributed by atoms with E-state index in [1.165, 1.54) is 30.0 Å². The molecule has 24 unspecified atom stereocenters. The third kappa shape index (κ3) is 1.96. The van der Waals surface area contributed by atoms with Gasteiger partial charge in [-0.05, 0) is 226 Å². The number of allylic oxidation sites excluding steroid dienone is 10. The highest BCUT2D eigenvalue weighted by molar-refractivity contribution is 5.85. The highest BCUT2D eigenvalue weighted by atomic mass is 14.9. The van der Waals surface area contributed by atoms with Gasteiger partial charge in [-0.15, -0.1) is 0 Å². The lowest BCUT2D eigenvalue weighted by Crippen LogP contribution is -2.65. The smallest absolute Gasteiger partial charge is 0.0320 e. The molecule has 11 saturated carbocycles. The van der Waals surface area contributed by atoms with Crippen molar-refractivity contribution in [1.82, 2.24) is 0 Å². The molecule has 2 spiro atoms. The van der Waals surface area contributed by atoms with Crippen molar-refractivity contribution >= 4 is 10.8 Å². The van der Waals surface area contributed by atoms with Gasteiger partial charge in [0.1, 0.15) is 0 Å². The van der Waals surface area contributed by atoms with Gasteiger partial charge in [0.15, 0.2) is 0 Å². The predicted octanol–water partition coefficient (Wildman–Crippen LogP) is 10.0. The molecule has 0 bridgehead atoms. The Morgan fingerprint density at radius 1 is 0.519 bits per heavy atom. The molecule has 0 heteroatoms. The van der Waals surface area contributed by atoms with E-state index in [-0.39, 0.29) is 5.41 Å². The Labute approximate surface area is 307 Å². The third-order valence-electron chi connectivity index (χ3n) is 24.0. The molecule has 19 rings (SSSR count). The van der Waals surface area contributed by atoms with Crippen LogP contribution in [-0.2, 0) is 12.8 Å². The van der Waals surface area contributed by atoms with Crippen molar-refractivity contribution < 1.29 is 0 Å². The van der Waals surface area contributed by atoms with Crippen LogP contribution in [0.5, 0.6) is 0 Å². The molecule has 256 valence electrons. The third-order valence-corrected chi connectivity index (χ3v) is 24.0. The van der Waals surface area contributed by atoms with Crippen LogP contribution >= 0.6 is 0 Å². The van der Waals surface area contributed by atoms with Gasteiger partial charge in [-0.2, -0.15) is 0 Å². The summed E-state index contributed by atoms with van der Waals surface area (Å²) >= 11 is 0. The lowest BCUT2D eigenvalue weighted by Gasteiger charge is -2.69. The Hall–Kier alpha value is -2.60. The second-order valence-corrected chi connectivity index (χ2v) is 23.1. The van der Waals surface area contributed by atoms with Crippen LogP contribution in [0.3, 0.4) is 0 Å². The first-order valence-corrected chi connectivity index (χ1v) is 22.9. The fourth-order valence-electron chi connectivity index (χ4n) is 24.9. The zero-order valence-electron chi connectivity index (χ0n) is 30.1. The zero-order valence-corrected chi connectivity index (χ0v) is 30.1. The average Bonchev–Trinajstić information content (AvgIpc) is 3.98. The SMILES string of the molecule is C1=CC2C3CCC4C5CCC6C7CCC8=C9C=CC%10=C1C1=C%11C%12C%13C(C12)C3C4C1C5C6C2C7C8C(C%12C2C%131)C91Cc2cc3ccccc3cc2CC%10%111. The lowest BCUT2D eigenvalue weighted by molar-refractivity contribution is -0.153. The fraction of sp³-hybridized carbons (Fsp3) is 0.615. The van der Waals surface area contributed by atoms with Crippen molar-refractivity contribution in [3.63, 3.8) is 0 Å². The maximum atomic E-state index is 2.92. The van der Waals surface area contributed by atoms with Gasteiger partial charge >= 0.3 is 0 Å². The van der Waals surface area contributed by atoms with E-state index in [4.69, 9.17) is 0 Å². The Balaban J connectivity index is 1.01. The number of fused-ring (bicyclic) bond motifs is 5. The van der Waals surface area contributed by atoms with Crippen molar-refractivity contribution in [2.75, 3.05) is 0 Å². The number of benzene rings is 2. The molecule has 2 aromatic rings. The van der Waals surface area contributed by atoms with Crippen molar-refractivity contribution in [3.8, 4) is 0 Å². The van der Waals surface area contributed by atoms with E-state index in [0.29, 0.717) is 5.41 Å². The molecule has 11 fully saturated rings. The Morgan fingerprint density at radius 2 is 1.15 bits per heavy atom. The average molecular weight is 673 g/mol. The molecular weight excluding hydrogens is 625 g/mol. The summed E-state index contributed by atoms with van der Waals surface area (Å²) in [5.74, 6) is 23.0. The molecule has 0 nitrogen and oxygen atoms in total. The van der Waals surface area contributed by atoms with E-state index in [1.54, 1.807) is 43.2 Å². The van der Waals surface area contributed by atoms with Crippen LogP contribution in [0.1, 0.15) is 49.7 Å². The highest BCUT2D eigenvalue weighted by Gasteiger charge is 2.89. The van der Waals surface area contributed by atoms with Crippen molar-refractivity contribution in [2.45, 2.75) is 51.4 Å². The Kier molecular flexibility index (Phi) is 3.50. The molecule has 0 amide bonds. The molecule has 52 heavy (non-hydrogen) atoms. The molecule has 0 aromatic heterocycles. The van der Waals surface area contributed by atoms with Gasteiger partial charge in [0.05, 0.1) is 0 Å². The number of rotatable bonds is 0. The highest BCUT2D eigenvalue weighted by Crippen LogP contribution is 2.94. The number of hydrogen-bond donors (Lipinski definition) is 0. The molecule has 2 aromatic carbocycles. The Morgan fingerprint density at radius 3 is 1.96 bits per heavy atom. The van der Waals surface area contributed by atoms with Gasteiger partial charge in [-0.25, -0.2) is 0 Å². The van der Waals surface area contributed by atoms with Gasteiger partial charge < -0.3 is 0 Å². The van der Waals surface area contributed by atoms with Crippen LogP contribution in [0.2, 0.25) is 0 Å². The van der Waals surface area contributed by atoms with Crippen molar-refractivity contribution in [2.24, 2.45) is 141 Å².